The molecular formula is C15H14ClNO3S. The molecule has 2 aromatic carbocycles. The van der Waals surface area contributed by atoms with Crippen molar-refractivity contribution in [2.24, 2.45) is 0 Å². The molecule has 0 heterocycles. The first-order valence-electron chi connectivity index (χ1n) is 6.52. The lowest BCUT2D eigenvalue weighted by Crippen LogP contribution is -2.34. The number of hydrogen-bond donors (Lipinski definition) is 2. The van der Waals surface area contributed by atoms with Gasteiger partial charge in [-0.2, -0.15) is 0 Å². The molecule has 0 unspecified atom stereocenters. The minimum Gasteiger partial charge on any atom is -0.391 e. The van der Waals surface area contributed by atoms with Crippen LogP contribution >= 0.6 is 11.6 Å². The van der Waals surface area contributed by atoms with Gasteiger partial charge in [0.2, 0.25) is 10.0 Å². The molecule has 0 spiro atoms. The van der Waals surface area contributed by atoms with E-state index in [4.69, 9.17) is 11.6 Å². The number of aliphatic hydroxyl groups excluding tert-OH is 1. The van der Waals surface area contributed by atoms with E-state index in [0.717, 1.165) is 11.1 Å². The summed E-state index contributed by atoms with van der Waals surface area (Å²) in [6.07, 6.45) is -0.342. The molecule has 0 saturated heterocycles. The van der Waals surface area contributed by atoms with Gasteiger partial charge in [0, 0.05) is 6.42 Å². The maximum absolute atomic E-state index is 12.5. The van der Waals surface area contributed by atoms with Crippen LogP contribution in [-0.4, -0.2) is 19.6 Å². The Hall–Kier alpha value is -1.40. The topological polar surface area (TPSA) is 66.4 Å². The number of nitrogens with one attached hydrogen (secondary N) is 1. The number of halogens is 1. The normalized spacial score (nSPS) is 21.2. The molecule has 1 aliphatic rings. The Morgan fingerprint density at radius 2 is 1.76 bits per heavy atom. The second-order valence-electron chi connectivity index (χ2n) is 5.00. The van der Waals surface area contributed by atoms with Crippen LogP contribution in [0.3, 0.4) is 0 Å². The molecule has 0 fully saturated rings. The summed E-state index contributed by atoms with van der Waals surface area (Å²) in [6, 6.07) is 13.0. The molecule has 21 heavy (non-hydrogen) atoms. The fourth-order valence-corrected chi connectivity index (χ4v) is 4.38. The highest BCUT2D eigenvalue weighted by Crippen LogP contribution is 2.33. The Labute approximate surface area is 128 Å². The smallest absolute Gasteiger partial charge is 0.242 e. The Balaban J connectivity index is 1.95. The zero-order chi connectivity index (χ0) is 15.0. The van der Waals surface area contributed by atoms with Crippen molar-refractivity contribution in [3.8, 4) is 0 Å². The molecular weight excluding hydrogens is 310 g/mol. The third kappa shape index (κ3) is 2.70. The molecule has 0 amide bonds. The first kappa shape index (κ1) is 14.5. The highest BCUT2D eigenvalue weighted by Gasteiger charge is 2.34. The predicted octanol–water partition coefficient (Wildman–Crippen LogP) is 2.28. The third-order valence-corrected chi connectivity index (χ3v) is 5.55. The number of sulfonamides is 1. The van der Waals surface area contributed by atoms with Crippen molar-refractivity contribution in [2.45, 2.75) is 23.5 Å². The summed E-state index contributed by atoms with van der Waals surface area (Å²) in [7, 11) is -3.79. The molecule has 3 rings (SSSR count). The zero-order valence-electron chi connectivity index (χ0n) is 11.0. The molecule has 0 aromatic heterocycles. The molecule has 0 radical (unpaired) electrons. The summed E-state index contributed by atoms with van der Waals surface area (Å²) in [5.41, 5.74) is 1.76. The van der Waals surface area contributed by atoms with E-state index in [1.165, 1.54) is 12.1 Å². The Morgan fingerprint density at radius 1 is 1.10 bits per heavy atom. The van der Waals surface area contributed by atoms with Gasteiger partial charge in [0.1, 0.15) is 4.90 Å². The number of hydrogen-bond acceptors (Lipinski definition) is 3. The zero-order valence-corrected chi connectivity index (χ0v) is 12.6. The summed E-state index contributed by atoms with van der Waals surface area (Å²) in [5, 5.41) is 10.3. The van der Waals surface area contributed by atoms with Crippen molar-refractivity contribution in [1.82, 2.24) is 4.72 Å². The van der Waals surface area contributed by atoms with Crippen molar-refractivity contribution in [1.29, 1.82) is 0 Å². The van der Waals surface area contributed by atoms with E-state index in [2.05, 4.69) is 4.72 Å². The van der Waals surface area contributed by atoms with Gasteiger partial charge in [-0.1, -0.05) is 48.0 Å². The van der Waals surface area contributed by atoms with Crippen molar-refractivity contribution >= 4 is 21.6 Å². The molecule has 6 heteroatoms. The number of fused-ring (bicyclic) bond motifs is 1. The fraction of sp³-hybridized carbons (Fsp3) is 0.200. The minimum atomic E-state index is -3.79. The second-order valence-corrected chi connectivity index (χ2v) is 7.09. The molecule has 4 nitrogen and oxygen atoms in total. The molecule has 2 aromatic rings. The molecule has 2 atom stereocenters. The highest BCUT2D eigenvalue weighted by atomic mass is 35.5. The second kappa shape index (κ2) is 5.42. The summed E-state index contributed by atoms with van der Waals surface area (Å²) < 4.78 is 27.5. The van der Waals surface area contributed by atoms with Gasteiger partial charge in [-0.3, -0.25) is 0 Å². The summed E-state index contributed by atoms with van der Waals surface area (Å²) in [5.74, 6) is 0. The first-order valence-corrected chi connectivity index (χ1v) is 8.38. The maximum Gasteiger partial charge on any atom is 0.242 e. The van der Waals surface area contributed by atoms with Crippen LogP contribution in [0.4, 0.5) is 0 Å². The molecule has 0 aliphatic heterocycles. The average molecular weight is 324 g/mol. The molecule has 2 N–H and O–H groups in total. The van der Waals surface area contributed by atoms with Gasteiger partial charge in [-0.05, 0) is 23.3 Å². The maximum atomic E-state index is 12.5. The van der Waals surface area contributed by atoms with Gasteiger partial charge in [0.25, 0.3) is 0 Å². The van der Waals surface area contributed by atoms with E-state index in [9.17, 15) is 13.5 Å². The van der Waals surface area contributed by atoms with Crippen LogP contribution < -0.4 is 4.72 Å². The molecule has 0 bridgehead atoms. The predicted molar refractivity (Wildman–Crippen MR) is 80.7 cm³/mol. The van der Waals surface area contributed by atoms with Gasteiger partial charge in [-0.15, -0.1) is 0 Å². The monoisotopic (exact) mass is 323 g/mol. The SMILES string of the molecule is O=S(=O)(N[C@@H]1c2ccccc2C[C@@H]1O)c1ccccc1Cl. The van der Waals surface area contributed by atoms with E-state index in [0.29, 0.717) is 6.42 Å². The molecule has 110 valence electrons. The van der Waals surface area contributed by atoms with Gasteiger partial charge in [0.15, 0.2) is 0 Å². The van der Waals surface area contributed by atoms with Crippen LogP contribution in [0.1, 0.15) is 17.2 Å². The van der Waals surface area contributed by atoms with Crippen LogP contribution in [0.2, 0.25) is 5.02 Å². The lowest BCUT2D eigenvalue weighted by molar-refractivity contribution is 0.151. The fourth-order valence-electron chi connectivity index (χ4n) is 2.61. The highest BCUT2D eigenvalue weighted by molar-refractivity contribution is 7.89. The number of benzene rings is 2. The summed E-state index contributed by atoms with van der Waals surface area (Å²) in [6.45, 7) is 0. The molecule has 0 saturated carbocycles. The van der Waals surface area contributed by atoms with E-state index >= 15 is 0 Å². The van der Waals surface area contributed by atoms with E-state index in [1.807, 2.05) is 24.3 Å². The quantitative estimate of drug-likeness (QED) is 0.910. The Bertz CT molecular complexity index is 776. The number of rotatable bonds is 3. The van der Waals surface area contributed by atoms with E-state index in [-0.39, 0.29) is 9.92 Å². The average Bonchev–Trinajstić information content (AvgIpc) is 2.75. The van der Waals surface area contributed by atoms with Crippen molar-refractivity contribution < 1.29 is 13.5 Å². The van der Waals surface area contributed by atoms with Crippen molar-refractivity contribution in [3.05, 3.63) is 64.7 Å². The Morgan fingerprint density at radius 3 is 2.52 bits per heavy atom. The lowest BCUT2D eigenvalue weighted by Gasteiger charge is -2.18. The van der Waals surface area contributed by atoms with E-state index < -0.39 is 22.2 Å². The van der Waals surface area contributed by atoms with Crippen LogP contribution in [-0.2, 0) is 16.4 Å². The van der Waals surface area contributed by atoms with Crippen LogP contribution in [0.15, 0.2) is 53.4 Å². The Kier molecular flexibility index (Phi) is 3.75. The first-order chi connectivity index (χ1) is 9.99. The lowest BCUT2D eigenvalue weighted by atomic mass is 10.1. The van der Waals surface area contributed by atoms with Crippen LogP contribution in [0, 0.1) is 0 Å². The largest absolute Gasteiger partial charge is 0.391 e. The summed E-state index contributed by atoms with van der Waals surface area (Å²) in [4.78, 5) is 0.0169. The molecule has 1 aliphatic carbocycles. The number of aliphatic hydroxyl groups is 1. The van der Waals surface area contributed by atoms with Crippen molar-refractivity contribution in [2.75, 3.05) is 0 Å². The van der Waals surface area contributed by atoms with Gasteiger partial charge >= 0.3 is 0 Å². The van der Waals surface area contributed by atoms with Crippen molar-refractivity contribution in [3.63, 3.8) is 0 Å². The van der Waals surface area contributed by atoms with Gasteiger partial charge in [0.05, 0.1) is 17.2 Å². The van der Waals surface area contributed by atoms with E-state index in [1.54, 1.807) is 12.1 Å². The third-order valence-electron chi connectivity index (χ3n) is 3.61. The van der Waals surface area contributed by atoms with Gasteiger partial charge in [-0.25, -0.2) is 13.1 Å². The van der Waals surface area contributed by atoms with Crippen LogP contribution in [0.25, 0.3) is 0 Å². The van der Waals surface area contributed by atoms with Crippen LogP contribution in [0.5, 0.6) is 0 Å². The van der Waals surface area contributed by atoms with Gasteiger partial charge < -0.3 is 5.11 Å². The minimum absolute atomic E-state index is 0.0169. The summed E-state index contributed by atoms with van der Waals surface area (Å²) >= 11 is 5.95. The standard InChI is InChI=1S/C15H14ClNO3S/c16-12-7-3-4-8-14(12)21(19,20)17-15-11-6-2-1-5-10(11)9-13(15)18/h1-8,13,15,17-18H,9H2/t13-,15+/m0/s1.